The molecule has 1 N–H and O–H groups in total. The van der Waals surface area contributed by atoms with E-state index in [1.807, 2.05) is 0 Å². The van der Waals surface area contributed by atoms with Gasteiger partial charge in [-0.2, -0.15) is 0 Å². The van der Waals surface area contributed by atoms with Gasteiger partial charge in [-0.05, 0) is 44.2 Å². The Balaban J connectivity index is 1.75. The Morgan fingerprint density at radius 1 is 1.05 bits per heavy atom. The van der Waals surface area contributed by atoms with E-state index in [0.29, 0.717) is 25.9 Å². The first kappa shape index (κ1) is 14.9. The van der Waals surface area contributed by atoms with Crippen molar-refractivity contribution < 1.29 is 18.4 Å². The van der Waals surface area contributed by atoms with E-state index in [9.17, 15) is 18.4 Å². The molecule has 0 bridgehead atoms. The van der Waals surface area contributed by atoms with Gasteiger partial charge in [0.2, 0.25) is 11.8 Å². The van der Waals surface area contributed by atoms with Crippen LogP contribution in [0, 0.1) is 17.0 Å². The maximum Gasteiger partial charge on any atom is 0.240 e. The molecule has 0 spiro atoms. The van der Waals surface area contributed by atoms with Gasteiger partial charge in [-0.1, -0.05) is 6.07 Å². The van der Waals surface area contributed by atoms with E-state index < -0.39 is 28.6 Å². The first-order valence-electron chi connectivity index (χ1n) is 7.59. The van der Waals surface area contributed by atoms with Crippen LogP contribution in [0.25, 0.3) is 0 Å². The van der Waals surface area contributed by atoms with Crippen LogP contribution in [-0.2, 0) is 9.59 Å². The van der Waals surface area contributed by atoms with Crippen molar-refractivity contribution in [3.63, 3.8) is 0 Å². The number of piperidine rings is 1. The van der Waals surface area contributed by atoms with Crippen LogP contribution in [0.3, 0.4) is 0 Å². The molecule has 0 radical (unpaired) electrons. The molecule has 1 heterocycles. The number of likely N-dealkylation sites (tertiary alicyclic amines) is 1. The van der Waals surface area contributed by atoms with Gasteiger partial charge >= 0.3 is 0 Å². The van der Waals surface area contributed by atoms with Gasteiger partial charge < -0.3 is 10.2 Å². The largest absolute Gasteiger partial charge is 0.342 e. The number of para-hydroxylation sites is 1. The number of nitrogens with one attached hydrogen (secondary N) is 1. The number of benzene rings is 1. The fourth-order valence-corrected chi connectivity index (χ4v) is 2.91. The summed E-state index contributed by atoms with van der Waals surface area (Å²) < 4.78 is 27.3. The molecule has 2 aliphatic rings. The maximum absolute atomic E-state index is 13.6. The number of carbonyl (C=O) groups is 2. The van der Waals surface area contributed by atoms with Crippen molar-refractivity contribution in [1.29, 1.82) is 0 Å². The van der Waals surface area contributed by atoms with Crippen LogP contribution in [0.2, 0.25) is 0 Å². The molecule has 1 aliphatic heterocycles. The molecule has 2 fully saturated rings. The monoisotopic (exact) mass is 308 g/mol. The van der Waals surface area contributed by atoms with Crippen LogP contribution < -0.4 is 5.32 Å². The molecule has 0 atom stereocenters. The average molecular weight is 308 g/mol. The van der Waals surface area contributed by atoms with Crippen molar-refractivity contribution in [3.05, 3.63) is 29.8 Å². The second-order valence-electron chi connectivity index (χ2n) is 5.99. The second kappa shape index (κ2) is 5.66. The topological polar surface area (TPSA) is 49.4 Å². The Morgan fingerprint density at radius 3 is 2.18 bits per heavy atom. The summed E-state index contributed by atoms with van der Waals surface area (Å²) >= 11 is 0. The van der Waals surface area contributed by atoms with Crippen LogP contribution in [0.15, 0.2) is 18.2 Å². The van der Waals surface area contributed by atoms with Crippen molar-refractivity contribution in [2.45, 2.75) is 32.1 Å². The molecule has 0 unspecified atom stereocenters. The Labute approximate surface area is 127 Å². The zero-order valence-electron chi connectivity index (χ0n) is 12.2. The molecule has 6 heteroatoms. The summed E-state index contributed by atoms with van der Waals surface area (Å²) in [6.45, 7) is 1.31. The molecule has 1 saturated carbocycles. The lowest BCUT2D eigenvalue weighted by atomic mass is 10.0. The Morgan fingerprint density at radius 2 is 1.64 bits per heavy atom. The lowest BCUT2D eigenvalue weighted by Gasteiger charge is -2.30. The summed E-state index contributed by atoms with van der Waals surface area (Å²) in [5.41, 5.74) is -1.61. The number of rotatable bonds is 3. The van der Waals surface area contributed by atoms with Crippen molar-refractivity contribution in [2.75, 3.05) is 18.4 Å². The molecular formula is C16H18F2N2O2. The highest BCUT2D eigenvalue weighted by Crippen LogP contribution is 2.48. The number of hydrogen-bond donors (Lipinski definition) is 1. The molecule has 2 amide bonds. The Kier molecular flexibility index (Phi) is 3.85. The summed E-state index contributed by atoms with van der Waals surface area (Å²) in [4.78, 5) is 26.7. The van der Waals surface area contributed by atoms with E-state index in [0.717, 1.165) is 31.4 Å². The predicted octanol–water partition coefficient (Wildman–Crippen LogP) is 2.70. The summed E-state index contributed by atoms with van der Waals surface area (Å²) in [5, 5.41) is 2.26. The van der Waals surface area contributed by atoms with Gasteiger partial charge in [0.15, 0.2) is 0 Å². The highest BCUT2D eigenvalue weighted by molar-refractivity contribution is 6.13. The van der Waals surface area contributed by atoms with E-state index in [-0.39, 0.29) is 5.91 Å². The molecule has 1 saturated heterocycles. The average Bonchev–Trinajstić information content (AvgIpc) is 3.33. The molecule has 1 aromatic carbocycles. The van der Waals surface area contributed by atoms with Gasteiger partial charge in [0.25, 0.3) is 0 Å². The third-order valence-corrected chi connectivity index (χ3v) is 4.44. The summed E-state index contributed by atoms with van der Waals surface area (Å²) in [6.07, 6.45) is 3.83. The van der Waals surface area contributed by atoms with Crippen LogP contribution in [0.1, 0.15) is 32.1 Å². The van der Waals surface area contributed by atoms with Crippen LogP contribution >= 0.6 is 0 Å². The second-order valence-corrected chi connectivity index (χ2v) is 5.99. The van der Waals surface area contributed by atoms with Gasteiger partial charge in [0.1, 0.15) is 22.7 Å². The number of halogens is 2. The molecule has 4 nitrogen and oxygen atoms in total. The quantitative estimate of drug-likeness (QED) is 0.873. The fourth-order valence-electron chi connectivity index (χ4n) is 2.91. The van der Waals surface area contributed by atoms with Crippen molar-refractivity contribution in [1.82, 2.24) is 4.90 Å². The lowest BCUT2D eigenvalue weighted by Crippen LogP contribution is -2.45. The van der Waals surface area contributed by atoms with E-state index in [1.165, 1.54) is 6.07 Å². The predicted molar refractivity (Wildman–Crippen MR) is 77.1 cm³/mol. The first-order chi connectivity index (χ1) is 10.5. The highest BCUT2D eigenvalue weighted by Gasteiger charge is 2.58. The zero-order valence-corrected chi connectivity index (χ0v) is 12.2. The number of amides is 2. The number of hydrogen-bond acceptors (Lipinski definition) is 2. The zero-order chi connectivity index (χ0) is 15.7. The standard InChI is InChI=1S/C16H18F2N2O2/c17-11-5-4-6-12(18)13(11)19-14(21)16(7-8-16)15(22)20-9-2-1-3-10-20/h4-6H,1-3,7-10H2,(H,19,21). The van der Waals surface area contributed by atoms with E-state index in [2.05, 4.69) is 5.32 Å². The van der Waals surface area contributed by atoms with Gasteiger partial charge in [0, 0.05) is 13.1 Å². The summed E-state index contributed by atoms with van der Waals surface area (Å²) in [5.74, 6) is -2.49. The van der Waals surface area contributed by atoms with E-state index in [4.69, 9.17) is 0 Å². The van der Waals surface area contributed by atoms with Crippen LogP contribution in [-0.4, -0.2) is 29.8 Å². The van der Waals surface area contributed by atoms with E-state index in [1.54, 1.807) is 4.90 Å². The smallest absolute Gasteiger partial charge is 0.240 e. The third kappa shape index (κ3) is 2.58. The fraction of sp³-hybridized carbons (Fsp3) is 0.500. The molecule has 118 valence electrons. The van der Waals surface area contributed by atoms with Crippen LogP contribution in [0.5, 0.6) is 0 Å². The third-order valence-electron chi connectivity index (χ3n) is 4.44. The normalized spacial score (nSPS) is 19.6. The van der Waals surface area contributed by atoms with Crippen molar-refractivity contribution >= 4 is 17.5 Å². The molecular weight excluding hydrogens is 290 g/mol. The molecule has 0 aromatic heterocycles. The molecule has 1 aromatic rings. The van der Waals surface area contributed by atoms with Gasteiger partial charge in [-0.25, -0.2) is 8.78 Å². The minimum Gasteiger partial charge on any atom is -0.342 e. The number of anilines is 1. The van der Waals surface area contributed by atoms with Gasteiger partial charge in [0.05, 0.1) is 0 Å². The Bertz CT molecular complexity index is 588. The van der Waals surface area contributed by atoms with Crippen molar-refractivity contribution in [2.24, 2.45) is 5.41 Å². The van der Waals surface area contributed by atoms with Crippen LogP contribution in [0.4, 0.5) is 14.5 Å². The minimum atomic E-state index is -1.13. The molecule has 22 heavy (non-hydrogen) atoms. The maximum atomic E-state index is 13.6. The van der Waals surface area contributed by atoms with Gasteiger partial charge in [-0.15, -0.1) is 0 Å². The Hall–Kier alpha value is -1.98. The van der Waals surface area contributed by atoms with Crippen molar-refractivity contribution in [3.8, 4) is 0 Å². The lowest BCUT2D eigenvalue weighted by molar-refractivity contribution is -0.143. The minimum absolute atomic E-state index is 0.207. The first-order valence-corrected chi connectivity index (χ1v) is 7.59. The molecule has 3 rings (SSSR count). The number of nitrogens with zero attached hydrogens (tertiary/aromatic N) is 1. The van der Waals surface area contributed by atoms with Gasteiger partial charge in [-0.3, -0.25) is 9.59 Å². The summed E-state index contributed by atoms with van der Waals surface area (Å²) in [6, 6.07) is 3.38. The highest BCUT2D eigenvalue weighted by atomic mass is 19.1. The van der Waals surface area contributed by atoms with E-state index >= 15 is 0 Å². The number of carbonyl (C=O) groups excluding carboxylic acids is 2. The molecule has 1 aliphatic carbocycles. The SMILES string of the molecule is O=C(Nc1c(F)cccc1F)C1(C(=O)N2CCCCC2)CC1. The summed E-state index contributed by atoms with van der Waals surface area (Å²) in [7, 11) is 0.